The van der Waals surface area contributed by atoms with E-state index in [-0.39, 0.29) is 11.8 Å². The van der Waals surface area contributed by atoms with E-state index in [1.165, 1.54) is 6.92 Å². The van der Waals surface area contributed by atoms with Gasteiger partial charge in [-0.05, 0) is 37.0 Å². The zero-order chi connectivity index (χ0) is 16.0. The number of rotatable bonds is 6. The first-order valence-corrected chi connectivity index (χ1v) is 7.44. The summed E-state index contributed by atoms with van der Waals surface area (Å²) in [6.45, 7) is 10.7. The van der Waals surface area contributed by atoms with Gasteiger partial charge in [-0.1, -0.05) is 26.0 Å². The molecule has 0 unspecified atom stereocenters. The van der Waals surface area contributed by atoms with E-state index in [2.05, 4.69) is 19.2 Å². The van der Waals surface area contributed by atoms with Gasteiger partial charge in [0.05, 0.1) is 0 Å². The molecular weight excluding hydrogens is 264 g/mol. The maximum absolute atomic E-state index is 11.9. The van der Waals surface area contributed by atoms with Crippen molar-refractivity contribution in [3.63, 3.8) is 0 Å². The van der Waals surface area contributed by atoms with Gasteiger partial charge in [-0.3, -0.25) is 9.59 Å². The molecule has 0 spiro atoms. The maximum atomic E-state index is 11.9. The van der Waals surface area contributed by atoms with Gasteiger partial charge in [0.1, 0.15) is 0 Å². The van der Waals surface area contributed by atoms with Crippen molar-refractivity contribution in [3.05, 3.63) is 29.3 Å². The Labute approximate surface area is 127 Å². The summed E-state index contributed by atoms with van der Waals surface area (Å²) in [5, 5.41) is 2.88. The average molecular weight is 290 g/mol. The molecule has 0 saturated carbocycles. The number of carbonyl (C=O) groups excluding carboxylic acids is 2. The van der Waals surface area contributed by atoms with Gasteiger partial charge in [0.15, 0.2) is 0 Å². The monoisotopic (exact) mass is 290 g/mol. The van der Waals surface area contributed by atoms with E-state index in [0.717, 1.165) is 16.8 Å². The summed E-state index contributed by atoms with van der Waals surface area (Å²) >= 11 is 0. The van der Waals surface area contributed by atoms with Crippen LogP contribution in [0.3, 0.4) is 0 Å². The van der Waals surface area contributed by atoms with Crippen LogP contribution in [-0.4, -0.2) is 24.9 Å². The molecule has 2 amide bonds. The van der Waals surface area contributed by atoms with Gasteiger partial charge in [0.2, 0.25) is 11.8 Å². The van der Waals surface area contributed by atoms with Crippen molar-refractivity contribution in [2.24, 2.45) is 5.92 Å². The van der Waals surface area contributed by atoms with Crippen molar-refractivity contribution < 1.29 is 9.59 Å². The fraction of sp³-hybridized carbons (Fsp3) is 0.529. The SMILES string of the molecule is CC(=O)N(CCC(=O)NCC(C)C)c1cccc(C)c1C. The standard InChI is InChI=1S/C17H26N2O2/c1-12(2)11-18-17(21)9-10-19(15(5)20)16-8-6-7-13(3)14(16)4/h6-8,12H,9-11H2,1-5H3,(H,18,21). The van der Waals surface area contributed by atoms with Gasteiger partial charge in [0.25, 0.3) is 0 Å². The highest BCUT2D eigenvalue weighted by atomic mass is 16.2. The van der Waals surface area contributed by atoms with Crippen molar-refractivity contribution in [3.8, 4) is 0 Å². The third-order valence-corrected chi connectivity index (χ3v) is 3.52. The quantitative estimate of drug-likeness (QED) is 0.876. The van der Waals surface area contributed by atoms with E-state index in [1.807, 2.05) is 32.0 Å². The van der Waals surface area contributed by atoms with Gasteiger partial charge in [-0.15, -0.1) is 0 Å². The topological polar surface area (TPSA) is 49.4 Å². The Hall–Kier alpha value is -1.84. The van der Waals surface area contributed by atoms with Crippen molar-refractivity contribution in [1.82, 2.24) is 5.32 Å². The Morgan fingerprint density at radius 2 is 1.90 bits per heavy atom. The van der Waals surface area contributed by atoms with E-state index in [4.69, 9.17) is 0 Å². The Morgan fingerprint density at radius 3 is 2.48 bits per heavy atom. The molecule has 0 saturated heterocycles. The molecule has 0 aliphatic rings. The third kappa shape index (κ3) is 5.21. The largest absolute Gasteiger partial charge is 0.356 e. The van der Waals surface area contributed by atoms with E-state index >= 15 is 0 Å². The molecule has 0 aliphatic carbocycles. The lowest BCUT2D eigenvalue weighted by Crippen LogP contribution is -2.35. The number of hydrogen-bond donors (Lipinski definition) is 1. The van der Waals surface area contributed by atoms with Gasteiger partial charge in [-0.2, -0.15) is 0 Å². The zero-order valence-electron chi connectivity index (χ0n) is 13.7. The van der Waals surface area contributed by atoms with Crippen LogP contribution in [0.4, 0.5) is 5.69 Å². The molecule has 4 heteroatoms. The highest BCUT2D eigenvalue weighted by Gasteiger charge is 2.16. The number of nitrogens with one attached hydrogen (secondary N) is 1. The molecule has 0 heterocycles. The predicted molar refractivity (Wildman–Crippen MR) is 86.4 cm³/mol. The lowest BCUT2D eigenvalue weighted by molar-refractivity contribution is -0.121. The van der Waals surface area contributed by atoms with Crippen molar-refractivity contribution in [2.75, 3.05) is 18.0 Å². The van der Waals surface area contributed by atoms with E-state index in [9.17, 15) is 9.59 Å². The number of nitrogens with zero attached hydrogens (tertiary/aromatic N) is 1. The van der Waals surface area contributed by atoms with Crippen LogP contribution in [-0.2, 0) is 9.59 Å². The fourth-order valence-corrected chi connectivity index (χ4v) is 2.10. The van der Waals surface area contributed by atoms with Crippen LogP contribution in [0.1, 0.15) is 38.3 Å². The Morgan fingerprint density at radius 1 is 1.24 bits per heavy atom. The van der Waals surface area contributed by atoms with E-state index < -0.39 is 0 Å². The van der Waals surface area contributed by atoms with Crippen LogP contribution >= 0.6 is 0 Å². The summed E-state index contributed by atoms with van der Waals surface area (Å²) < 4.78 is 0. The molecule has 1 aromatic carbocycles. The van der Waals surface area contributed by atoms with Crippen LogP contribution in [0.15, 0.2) is 18.2 Å². The molecule has 21 heavy (non-hydrogen) atoms. The maximum Gasteiger partial charge on any atom is 0.223 e. The first kappa shape index (κ1) is 17.2. The molecule has 4 nitrogen and oxygen atoms in total. The molecule has 0 fully saturated rings. The minimum absolute atomic E-state index is 0.0137. The third-order valence-electron chi connectivity index (χ3n) is 3.52. The summed E-state index contributed by atoms with van der Waals surface area (Å²) in [6, 6.07) is 5.88. The number of carbonyl (C=O) groups is 2. The fourth-order valence-electron chi connectivity index (χ4n) is 2.10. The Balaban J connectivity index is 2.73. The second-order valence-electron chi connectivity index (χ2n) is 5.84. The average Bonchev–Trinajstić information content (AvgIpc) is 2.40. The van der Waals surface area contributed by atoms with Crippen LogP contribution in [0.5, 0.6) is 0 Å². The molecule has 0 bridgehead atoms. The zero-order valence-corrected chi connectivity index (χ0v) is 13.7. The first-order valence-electron chi connectivity index (χ1n) is 7.44. The summed E-state index contributed by atoms with van der Waals surface area (Å²) in [5.41, 5.74) is 3.11. The van der Waals surface area contributed by atoms with E-state index in [0.29, 0.717) is 25.4 Å². The molecule has 1 rings (SSSR count). The normalized spacial score (nSPS) is 10.6. The molecule has 1 aromatic rings. The number of benzene rings is 1. The molecule has 1 N–H and O–H groups in total. The lowest BCUT2D eigenvalue weighted by Gasteiger charge is -2.24. The minimum atomic E-state index is -0.0413. The van der Waals surface area contributed by atoms with Crippen molar-refractivity contribution >= 4 is 17.5 Å². The second-order valence-corrected chi connectivity index (χ2v) is 5.84. The van der Waals surface area contributed by atoms with Crippen molar-refractivity contribution in [1.29, 1.82) is 0 Å². The molecule has 0 atom stereocenters. The second kappa shape index (κ2) is 7.81. The molecule has 0 radical (unpaired) electrons. The molecular formula is C17H26N2O2. The lowest BCUT2D eigenvalue weighted by atomic mass is 10.1. The smallest absolute Gasteiger partial charge is 0.223 e. The molecule has 0 aromatic heterocycles. The van der Waals surface area contributed by atoms with Crippen LogP contribution in [0.2, 0.25) is 0 Å². The van der Waals surface area contributed by atoms with Crippen LogP contribution < -0.4 is 10.2 Å². The van der Waals surface area contributed by atoms with Gasteiger partial charge in [-0.25, -0.2) is 0 Å². The minimum Gasteiger partial charge on any atom is -0.356 e. The van der Waals surface area contributed by atoms with Gasteiger partial charge < -0.3 is 10.2 Å². The Kier molecular flexibility index (Phi) is 6.40. The number of amides is 2. The number of hydrogen-bond acceptors (Lipinski definition) is 2. The predicted octanol–water partition coefficient (Wildman–Crippen LogP) is 2.82. The van der Waals surface area contributed by atoms with Crippen LogP contribution in [0, 0.1) is 19.8 Å². The molecule has 0 aliphatic heterocycles. The first-order chi connectivity index (χ1) is 9.82. The number of anilines is 1. The summed E-state index contributed by atoms with van der Waals surface area (Å²) in [7, 11) is 0. The van der Waals surface area contributed by atoms with E-state index in [1.54, 1.807) is 4.90 Å². The Bertz CT molecular complexity index is 510. The van der Waals surface area contributed by atoms with Gasteiger partial charge in [0, 0.05) is 32.1 Å². The van der Waals surface area contributed by atoms with Gasteiger partial charge >= 0.3 is 0 Å². The summed E-state index contributed by atoms with van der Waals surface area (Å²) in [6.07, 6.45) is 0.319. The summed E-state index contributed by atoms with van der Waals surface area (Å²) in [5.74, 6) is 0.373. The summed E-state index contributed by atoms with van der Waals surface area (Å²) in [4.78, 5) is 25.4. The highest BCUT2D eigenvalue weighted by molar-refractivity contribution is 5.93. The van der Waals surface area contributed by atoms with Crippen molar-refractivity contribution in [2.45, 2.75) is 41.0 Å². The molecule has 116 valence electrons. The number of aryl methyl sites for hydroxylation is 1. The van der Waals surface area contributed by atoms with Crippen LogP contribution in [0.25, 0.3) is 0 Å². The highest BCUT2D eigenvalue weighted by Crippen LogP contribution is 2.23.